The van der Waals surface area contributed by atoms with Crippen molar-refractivity contribution in [3.8, 4) is 5.69 Å². The van der Waals surface area contributed by atoms with E-state index < -0.39 is 0 Å². The van der Waals surface area contributed by atoms with E-state index in [1.807, 2.05) is 10.8 Å². The molecule has 1 heterocycles. The van der Waals surface area contributed by atoms with Crippen LogP contribution in [0.5, 0.6) is 0 Å². The van der Waals surface area contributed by atoms with Gasteiger partial charge in [-0.1, -0.05) is 11.6 Å². The van der Waals surface area contributed by atoms with E-state index >= 15 is 0 Å². The number of rotatable bonds is 3. The number of hydrogen-bond acceptors (Lipinski definition) is 3. The molecular formula is C14H13ClN2O2. The highest BCUT2D eigenvalue weighted by Gasteiger charge is 2.26. The lowest BCUT2D eigenvalue weighted by Crippen LogP contribution is -2.03. The van der Waals surface area contributed by atoms with E-state index in [-0.39, 0.29) is 5.97 Å². The Morgan fingerprint density at radius 1 is 1.47 bits per heavy atom. The minimum atomic E-state index is -0.375. The van der Waals surface area contributed by atoms with Gasteiger partial charge in [0, 0.05) is 12.1 Å². The van der Waals surface area contributed by atoms with Crippen molar-refractivity contribution in [1.29, 1.82) is 0 Å². The number of ether oxygens (including phenoxy) is 1. The first-order valence-electron chi connectivity index (χ1n) is 6.11. The van der Waals surface area contributed by atoms with Crippen molar-refractivity contribution in [3.63, 3.8) is 0 Å². The van der Waals surface area contributed by atoms with Gasteiger partial charge >= 0.3 is 5.97 Å². The molecule has 0 unspecified atom stereocenters. The largest absolute Gasteiger partial charge is 0.465 e. The second-order valence-corrected chi connectivity index (χ2v) is 5.05. The van der Waals surface area contributed by atoms with Crippen LogP contribution in [0.2, 0.25) is 5.02 Å². The van der Waals surface area contributed by atoms with E-state index in [2.05, 4.69) is 4.98 Å². The molecule has 4 nitrogen and oxygen atoms in total. The molecular weight excluding hydrogens is 264 g/mol. The first-order valence-corrected chi connectivity index (χ1v) is 6.49. The Hall–Kier alpha value is -1.81. The summed E-state index contributed by atoms with van der Waals surface area (Å²) in [6.07, 6.45) is 6.11. The topological polar surface area (TPSA) is 44.1 Å². The van der Waals surface area contributed by atoms with Crippen LogP contribution in [0.4, 0.5) is 0 Å². The average molecular weight is 277 g/mol. The third-order valence-corrected chi connectivity index (χ3v) is 3.56. The molecule has 1 fully saturated rings. The van der Waals surface area contributed by atoms with Crippen LogP contribution in [-0.2, 0) is 4.74 Å². The lowest BCUT2D eigenvalue weighted by Gasteiger charge is -2.07. The smallest absolute Gasteiger partial charge is 0.337 e. The highest BCUT2D eigenvalue weighted by atomic mass is 35.5. The highest BCUT2D eigenvalue weighted by Crippen LogP contribution is 2.39. The molecule has 0 atom stereocenters. The Bertz CT molecular complexity index is 632. The Morgan fingerprint density at radius 3 is 2.95 bits per heavy atom. The van der Waals surface area contributed by atoms with Gasteiger partial charge in [0.25, 0.3) is 0 Å². The van der Waals surface area contributed by atoms with E-state index in [4.69, 9.17) is 16.3 Å². The maximum Gasteiger partial charge on any atom is 0.337 e. The van der Waals surface area contributed by atoms with Crippen molar-refractivity contribution in [2.45, 2.75) is 18.8 Å². The van der Waals surface area contributed by atoms with E-state index in [1.54, 1.807) is 24.5 Å². The van der Waals surface area contributed by atoms with Crippen LogP contribution in [0.25, 0.3) is 5.69 Å². The number of methoxy groups -OCH3 is 1. The molecule has 2 aromatic rings. The van der Waals surface area contributed by atoms with Gasteiger partial charge in [-0.3, -0.25) is 0 Å². The molecule has 1 aromatic heterocycles. The molecule has 0 saturated heterocycles. The Labute approximate surface area is 116 Å². The fraction of sp³-hybridized carbons (Fsp3) is 0.286. The predicted octanol–water partition coefficient (Wildman–Crippen LogP) is 3.19. The van der Waals surface area contributed by atoms with Crippen molar-refractivity contribution >= 4 is 17.6 Å². The molecule has 1 aliphatic rings. The van der Waals surface area contributed by atoms with Gasteiger partial charge in [-0.15, -0.1) is 0 Å². The van der Waals surface area contributed by atoms with E-state index in [1.165, 1.54) is 20.0 Å². The van der Waals surface area contributed by atoms with Crippen LogP contribution in [0.15, 0.2) is 30.7 Å². The Balaban J connectivity index is 1.99. The summed E-state index contributed by atoms with van der Waals surface area (Å²) < 4.78 is 6.56. The summed E-state index contributed by atoms with van der Waals surface area (Å²) in [7, 11) is 1.36. The first kappa shape index (κ1) is 12.2. The van der Waals surface area contributed by atoms with E-state index in [0.717, 1.165) is 11.4 Å². The molecule has 1 aromatic carbocycles. The molecule has 0 N–H and O–H groups in total. The lowest BCUT2D eigenvalue weighted by atomic mass is 10.2. The van der Waals surface area contributed by atoms with Gasteiger partial charge in [0.05, 0.1) is 35.4 Å². The van der Waals surface area contributed by atoms with Crippen LogP contribution in [0.3, 0.4) is 0 Å². The fourth-order valence-corrected chi connectivity index (χ4v) is 2.23. The van der Waals surface area contributed by atoms with Gasteiger partial charge in [-0.25, -0.2) is 9.78 Å². The molecule has 0 amide bonds. The number of halogens is 1. The SMILES string of the molecule is COC(=O)c1ccc(Cl)c(-n2cnc(C3CC3)c2)c1. The monoisotopic (exact) mass is 276 g/mol. The number of aromatic nitrogens is 2. The lowest BCUT2D eigenvalue weighted by molar-refractivity contribution is 0.0600. The van der Waals surface area contributed by atoms with Gasteiger partial charge in [-0.05, 0) is 31.0 Å². The molecule has 1 aliphatic carbocycles. The third-order valence-electron chi connectivity index (χ3n) is 3.24. The van der Waals surface area contributed by atoms with Crippen molar-refractivity contribution in [2.75, 3.05) is 7.11 Å². The normalized spacial score (nSPS) is 14.4. The van der Waals surface area contributed by atoms with E-state index in [9.17, 15) is 4.79 Å². The van der Waals surface area contributed by atoms with Gasteiger partial charge < -0.3 is 9.30 Å². The van der Waals surface area contributed by atoms with Crippen LogP contribution < -0.4 is 0 Å². The zero-order valence-corrected chi connectivity index (χ0v) is 11.2. The summed E-state index contributed by atoms with van der Waals surface area (Å²) in [4.78, 5) is 15.9. The number of hydrogen-bond donors (Lipinski definition) is 0. The zero-order chi connectivity index (χ0) is 13.4. The number of nitrogens with zero attached hydrogens (tertiary/aromatic N) is 2. The molecule has 0 spiro atoms. The third kappa shape index (κ3) is 2.36. The van der Waals surface area contributed by atoms with Gasteiger partial charge in [0.15, 0.2) is 0 Å². The maximum absolute atomic E-state index is 11.5. The summed E-state index contributed by atoms with van der Waals surface area (Å²) in [5.74, 6) is 0.212. The minimum Gasteiger partial charge on any atom is -0.465 e. The van der Waals surface area contributed by atoms with Crippen LogP contribution in [0.1, 0.15) is 34.8 Å². The number of imidazole rings is 1. The molecule has 19 heavy (non-hydrogen) atoms. The highest BCUT2D eigenvalue weighted by molar-refractivity contribution is 6.32. The summed E-state index contributed by atoms with van der Waals surface area (Å²) in [5.41, 5.74) is 2.30. The second-order valence-electron chi connectivity index (χ2n) is 4.64. The molecule has 0 bridgehead atoms. The standard InChI is InChI=1S/C14H13ClN2O2/c1-19-14(18)10-4-5-11(15)13(6-10)17-7-12(16-8-17)9-2-3-9/h4-9H,2-3H2,1H3. The molecule has 98 valence electrons. The zero-order valence-electron chi connectivity index (χ0n) is 10.5. The first-order chi connectivity index (χ1) is 9.19. The summed E-state index contributed by atoms with van der Waals surface area (Å²) in [6.45, 7) is 0. The average Bonchev–Trinajstić information content (AvgIpc) is 3.17. The van der Waals surface area contributed by atoms with Crippen LogP contribution in [-0.4, -0.2) is 22.6 Å². The van der Waals surface area contributed by atoms with Crippen molar-refractivity contribution < 1.29 is 9.53 Å². The Kier molecular flexibility index (Phi) is 3.03. The van der Waals surface area contributed by atoms with Gasteiger partial charge in [-0.2, -0.15) is 0 Å². The molecule has 5 heteroatoms. The summed E-state index contributed by atoms with van der Waals surface area (Å²) in [6, 6.07) is 5.06. The van der Waals surface area contributed by atoms with Gasteiger partial charge in [0.1, 0.15) is 0 Å². The maximum atomic E-state index is 11.5. The molecule has 1 saturated carbocycles. The van der Waals surface area contributed by atoms with Gasteiger partial charge in [0.2, 0.25) is 0 Å². The number of esters is 1. The minimum absolute atomic E-state index is 0.375. The molecule has 0 aliphatic heterocycles. The summed E-state index contributed by atoms with van der Waals surface area (Å²) >= 11 is 6.18. The summed E-state index contributed by atoms with van der Waals surface area (Å²) in [5, 5.41) is 0.576. The molecule has 0 radical (unpaired) electrons. The number of carbonyl (C=O) groups is 1. The number of benzene rings is 1. The van der Waals surface area contributed by atoms with Crippen LogP contribution >= 0.6 is 11.6 Å². The molecule has 3 rings (SSSR count). The van der Waals surface area contributed by atoms with E-state index in [0.29, 0.717) is 16.5 Å². The van der Waals surface area contributed by atoms with Crippen molar-refractivity contribution in [3.05, 3.63) is 47.0 Å². The van der Waals surface area contributed by atoms with Crippen LogP contribution in [0, 0.1) is 0 Å². The second kappa shape index (κ2) is 4.70. The van der Waals surface area contributed by atoms with Crippen molar-refractivity contribution in [2.24, 2.45) is 0 Å². The van der Waals surface area contributed by atoms with Crippen molar-refractivity contribution in [1.82, 2.24) is 9.55 Å². The quantitative estimate of drug-likeness (QED) is 0.809. The predicted molar refractivity (Wildman–Crippen MR) is 71.9 cm³/mol. The number of carbonyl (C=O) groups excluding carboxylic acids is 1. The fourth-order valence-electron chi connectivity index (χ4n) is 2.02. The Morgan fingerprint density at radius 2 is 2.26 bits per heavy atom.